The molecule has 1 saturated heterocycles. The molecule has 8 heteroatoms. The summed E-state index contributed by atoms with van der Waals surface area (Å²) >= 11 is 5.95. The summed E-state index contributed by atoms with van der Waals surface area (Å²) in [5.74, 6) is -0.969. The number of nitrogens with zero attached hydrogens (tertiary/aromatic N) is 2. The molecular weight excluding hydrogens is 325 g/mol. The molecule has 2 aromatic rings. The van der Waals surface area contributed by atoms with Crippen molar-refractivity contribution < 1.29 is 18.3 Å². The standard InChI is InChI=1S/C15H15ClFN3O3/c16-11-4-1-5-12(17)10(11)7-13-19-20-15(23-13)14(21)18-8-9-3-2-6-22-9/h1,4-5,9H,2-3,6-8H2,(H,18,21)/t9-/m0/s1. The number of benzene rings is 1. The van der Waals surface area contributed by atoms with Crippen molar-refractivity contribution in [3.05, 3.63) is 46.4 Å². The van der Waals surface area contributed by atoms with Gasteiger partial charge in [-0.3, -0.25) is 4.79 Å². The van der Waals surface area contributed by atoms with E-state index in [-0.39, 0.29) is 34.9 Å². The smallest absolute Gasteiger partial charge is 0.308 e. The van der Waals surface area contributed by atoms with Crippen LogP contribution in [0.15, 0.2) is 22.6 Å². The number of amides is 1. The molecule has 1 amide bonds. The fraction of sp³-hybridized carbons (Fsp3) is 0.400. The lowest BCUT2D eigenvalue weighted by atomic mass is 10.1. The van der Waals surface area contributed by atoms with Crippen molar-refractivity contribution in [2.24, 2.45) is 0 Å². The Bertz CT molecular complexity index is 681. The predicted molar refractivity (Wildman–Crippen MR) is 79.8 cm³/mol. The highest BCUT2D eigenvalue weighted by atomic mass is 35.5. The van der Waals surface area contributed by atoms with Crippen LogP contribution < -0.4 is 5.32 Å². The first-order valence-electron chi connectivity index (χ1n) is 7.28. The third kappa shape index (κ3) is 3.86. The van der Waals surface area contributed by atoms with Crippen LogP contribution in [-0.2, 0) is 11.2 Å². The van der Waals surface area contributed by atoms with Crippen molar-refractivity contribution in [1.29, 1.82) is 0 Å². The van der Waals surface area contributed by atoms with Gasteiger partial charge < -0.3 is 14.5 Å². The minimum absolute atomic E-state index is 0.0253. The number of aromatic nitrogens is 2. The molecule has 1 aliphatic rings. The monoisotopic (exact) mass is 339 g/mol. The SMILES string of the molecule is O=C(NC[C@@H]1CCCO1)c1nnc(Cc2c(F)cccc2Cl)o1. The molecular formula is C15H15ClFN3O3. The van der Waals surface area contributed by atoms with Gasteiger partial charge in [0.25, 0.3) is 0 Å². The quantitative estimate of drug-likeness (QED) is 0.904. The summed E-state index contributed by atoms with van der Waals surface area (Å²) in [5.41, 5.74) is 0.254. The van der Waals surface area contributed by atoms with E-state index in [1.807, 2.05) is 0 Å². The Labute approximate surface area is 137 Å². The number of hydrogen-bond acceptors (Lipinski definition) is 5. The fourth-order valence-electron chi connectivity index (χ4n) is 2.36. The molecule has 0 radical (unpaired) electrons. The molecule has 1 fully saturated rings. The summed E-state index contributed by atoms with van der Waals surface area (Å²) in [6, 6.07) is 4.39. The van der Waals surface area contributed by atoms with Crippen molar-refractivity contribution in [3.8, 4) is 0 Å². The number of halogens is 2. The van der Waals surface area contributed by atoms with Crippen LogP contribution in [0.5, 0.6) is 0 Å². The van der Waals surface area contributed by atoms with Gasteiger partial charge in [0.2, 0.25) is 5.89 Å². The van der Waals surface area contributed by atoms with Crippen LogP contribution in [0.25, 0.3) is 0 Å². The van der Waals surface area contributed by atoms with Crippen molar-refractivity contribution in [2.75, 3.05) is 13.2 Å². The van der Waals surface area contributed by atoms with E-state index in [1.165, 1.54) is 12.1 Å². The van der Waals surface area contributed by atoms with Gasteiger partial charge >= 0.3 is 11.8 Å². The number of rotatable bonds is 5. The van der Waals surface area contributed by atoms with Crippen LogP contribution in [0.1, 0.15) is 35.0 Å². The van der Waals surface area contributed by atoms with E-state index in [0.717, 1.165) is 12.8 Å². The van der Waals surface area contributed by atoms with Gasteiger partial charge in [0.15, 0.2) is 0 Å². The van der Waals surface area contributed by atoms with Crippen molar-refractivity contribution >= 4 is 17.5 Å². The van der Waals surface area contributed by atoms with E-state index in [4.69, 9.17) is 20.8 Å². The zero-order valence-electron chi connectivity index (χ0n) is 12.2. The van der Waals surface area contributed by atoms with Crippen molar-refractivity contribution in [3.63, 3.8) is 0 Å². The summed E-state index contributed by atoms with van der Waals surface area (Å²) in [4.78, 5) is 11.9. The number of hydrogen-bond donors (Lipinski definition) is 1. The molecule has 2 heterocycles. The molecule has 3 rings (SSSR count). The number of carbonyl (C=O) groups excluding carboxylic acids is 1. The number of ether oxygens (including phenoxy) is 1. The van der Waals surface area contributed by atoms with Crippen molar-refractivity contribution in [1.82, 2.24) is 15.5 Å². The highest BCUT2D eigenvalue weighted by Crippen LogP contribution is 2.21. The van der Waals surface area contributed by atoms with Crippen LogP contribution in [0, 0.1) is 5.82 Å². The first-order valence-corrected chi connectivity index (χ1v) is 7.66. The fourth-order valence-corrected chi connectivity index (χ4v) is 2.59. The van der Waals surface area contributed by atoms with Gasteiger partial charge in [-0.1, -0.05) is 17.7 Å². The lowest BCUT2D eigenvalue weighted by Crippen LogP contribution is -2.31. The molecule has 0 spiro atoms. The summed E-state index contributed by atoms with van der Waals surface area (Å²) in [6.45, 7) is 1.12. The van der Waals surface area contributed by atoms with Gasteiger partial charge in [-0.2, -0.15) is 0 Å². The normalized spacial score (nSPS) is 17.4. The van der Waals surface area contributed by atoms with Gasteiger partial charge in [0.1, 0.15) is 5.82 Å². The Morgan fingerprint density at radius 1 is 1.43 bits per heavy atom. The summed E-state index contributed by atoms with van der Waals surface area (Å²) in [6.07, 6.45) is 1.96. The second-order valence-corrected chi connectivity index (χ2v) is 5.63. The van der Waals surface area contributed by atoms with E-state index in [9.17, 15) is 9.18 Å². The maximum absolute atomic E-state index is 13.7. The molecule has 1 aliphatic heterocycles. The summed E-state index contributed by atoms with van der Waals surface area (Å²) < 4.78 is 24.4. The third-order valence-corrected chi connectivity index (χ3v) is 3.92. The first-order chi connectivity index (χ1) is 11.1. The molecule has 122 valence electrons. The topological polar surface area (TPSA) is 77.2 Å². The van der Waals surface area contributed by atoms with Gasteiger partial charge in [0, 0.05) is 23.7 Å². The Morgan fingerprint density at radius 3 is 3.04 bits per heavy atom. The number of nitrogens with one attached hydrogen (secondary N) is 1. The van der Waals surface area contributed by atoms with Crippen LogP contribution in [0.2, 0.25) is 5.02 Å². The highest BCUT2D eigenvalue weighted by molar-refractivity contribution is 6.31. The first kappa shape index (κ1) is 15.9. The Morgan fingerprint density at radius 2 is 2.30 bits per heavy atom. The van der Waals surface area contributed by atoms with E-state index in [2.05, 4.69) is 15.5 Å². The zero-order valence-corrected chi connectivity index (χ0v) is 13.0. The van der Waals surface area contributed by atoms with Gasteiger partial charge in [0.05, 0.1) is 12.5 Å². The Hall–Kier alpha value is -1.99. The minimum atomic E-state index is -0.473. The summed E-state index contributed by atoms with van der Waals surface area (Å²) in [5, 5.41) is 10.4. The zero-order chi connectivity index (χ0) is 16.2. The van der Waals surface area contributed by atoms with Crippen LogP contribution in [-0.4, -0.2) is 35.4 Å². The van der Waals surface area contributed by atoms with Crippen LogP contribution in [0.3, 0.4) is 0 Å². The highest BCUT2D eigenvalue weighted by Gasteiger charge is 2.20. The number of carbonyl (C=O) groups is 1. The third-order valence-electron chi connectivity index (χ3n) is 3.57. The lowest BCUT2D eigenvalue weighted by molar-refractivity contribution is 0.0828. The molecule has 1 aromatic heterocycles. The minimum Gasteiger partial charge on any atom is -0.417 e. The molecule has 1 aromatic carbocycles. The average molecular weight is 340 g/mol. The molecule has 0 unspecified atom stereocenters. The van der Waals surface area contributed by atoms with E-state index in [1.54, 1.807) is 6.07 Å². The Kier molecular flexibility index (Phi) is 4.88. The van der Waals surface area contributed by atoms with Gasteiger partial charge in [-0.25, -0.2) is 4.39 Å². The summed E-state index contributed by atoms with van der Waals surface area (Å²) in [7, 11) is 0. The maximum Gasteiger partial charge on any atom is 0.308 e. The second-order valence-electron chi connectivity index (χ2n) is 5.22. The molecule has 0 saturated carbocycles. The van der Waals surface area contributed by atoms with Gasteiger partial charge in [-0.15, -0.1) is 10.2 Å². The van der Waals surface area contributed by atoms with E-state index < -0.39 is 11.7 Å². The van der Waals surface area contributed by atoms with E-state index in [0.29, 0.717) is 13.2 Å². The molecule has 0 aliphatic carbocycles. The molecule has 6 nitrogen and oxygen atoms in total. The molecule has 1 atom stereocenters. The molecule has 1 N–H and O–H groups in total. The lowest BCUT2D eigenvalue weighted by Gasteiger charge is -2.08. The van der Waals surface area contributed by atoms with Crippen LogP contribution in [0.4, 0.5) is 4.39 Å². The molecule has 23 heavy (non-hydrogen) atoms. The second kappa shape index (κ2) is 7.06. The van der Waals surface area contributed by atoms with E-state index >= 15 is 0 Å². The maximum atomic E-state index is 13.7. The van der Waals surface area contributed by atoms with Gasteiger partial charge in [-0.05, 0) is 25.0 Å². The largest absolute Gasteiger partial charge is 0.417 e. The van der Waals surface area contributed by atoms with Crippen molar-refractivity contribution in [2.45, 2.75) is 25.4 Å². The Balaban J connectivity index is 1.62. The molecule has 0 bridgehead atoms. The average Bonchev–Trinajstić information content (AvgIpc) is 3.20. The predicted octanol–water partition coefficient (Wildman–Crippen LogP) is 2.36. The van der Waals surface area contributed by atoms with Crippen LogP contribution >= 0.6 is 11.6 Å².